The van der Waals surface area contributed by atoms with E-state index >= 15 is 0 Å². The van der Waals surface area contributed by atoms with Crippen molar-refractivity contribution in [1.29, 1.82) is 0 Å². The fraction of sp³-hybridized carbons (Fsp3) is 0.786. The molecule has 17 heavy (non-hydrogen) atoms. The van der Waals surface area contributed by atoms with Crippen LogP contribution in [-0.2, 0) is 0 Å². The smallest absolute Gasteiger partial charge is 0.0798 e. The van der Waals surface area contributed by atoms with E-state index in [1.807, 2.05) is 16.8 Å². The Morgan fingerprint density at radius 1 is 1.47 bits per heavy atom. The molecule has 2 nitrogen and oxygen atoms in total. The van der Waals surface area contributed by atoms with Crippen LogP contribution in [0.25, 0.3) is 0 Å². The van der Waals surface area contributed by atoms with Gasteiger partial charge in [-0.2, -0.15) is 0 Å². The highest BCUT2D eigenvalue weighted by Crippen LogP contribution is 2.51. The molecule has 2 bridgehead atoms. The van der Waals surface area contributed by atoms with Gasteiger partial charge in [0, 0.05) is 10.9 Å². The van der Waals surface area contributed by atoms with E-state index in [-0.39, 0.29) is 0 Å². The SMILES string of the molecule is CNC(CC1CC2CCC1C2)c1scnc1C. The van der Waals surface area contributed by atoms with Gasteiger partial charge in [-0.25, -0.2) is 4.98 Å². The highest BCUT2D eigenvalue weighted by Gasteiger charge is 2.40. The predicted octanol–water partition coefficient (Wildman–Crippen LogP) is 3.54. The molecule has 2 fully saturated rings. The Labute approximate surface area is 108 Å². The lowest BCUT2D eigenvalue weighted by Crippen LogP contribution is -2.22. The molecule has 1 aromatic rings. The number of nitrogens with one attached hydrogen (secondary N) is 1. The van der Waals surface area contributed by atoms with Crippen molar-refractivity contribution in [2.24, 2.45) is 17.8 Å². The molecular weight excluding hydrogens is 228 g/mol. The zero-order chi connectivity index (χ0) is 11.8. The third-order valence-corrected chi connectivity index (χ3v) is 5.92. The summed E-state index contributed by atoms with van der Waals surface area (Å²) in [6.45, 7) is 2.14. The van der Waals surface area contributed by atoms with E-state index in [2.05, 4.69) is 24.3 Å². The fourth-order valence-corrected chi connectivity index (χ4v) is 4.90. The van der Waals surface area contributed by atoms with Crippen molar-refractivity contribution in [3.63, 3.8) is 0 Å². The van der Waals surface area contributed by atoms with E-state index in [9.17, 15) is 0 Å². The van der Waals surface area contributed by atoms with Gasteiger partial charge >= 0.3 is 0 Å². The van der Waals surface area contributed by atoms with Crippen molar-refractivity contribution < 1.29 is 0 Å². The van der Waals surface area contributed by atoms with Crippen LogP contribution in [0.2, 0.25) is 0 Å². The Bertz CT molecular complexity index is 387. The highest BCUT2D eigenvalue weighted by atomic mass is 32.1. The predicted molar refractivity (Wildman–Crippen MR) is 72.2 cm³/mol. The van der Waals surface area contributed by atoms with E-state index in [0.717, 1.165) is 17.8 Å². The van der Waals surface area contributed by atoms with E-state index in [4.69, 9.17) is 0 Å². The Morgan fingerprint density at radius 3 is 2.88 bits per heavy atom. The maximum absolute atomic E-state index is 4.39. The van der Waals surface area contributed by atoms with Crippen LogP contribution in [0.3, 0.4) is 0 Å². The molecule has 0 spiro atoms. The Morgan fingerprint density at radius 2 is 2.35 bits per heavy atom. The number of nitrogens with zero attached hydrogens (tertiary/aromatic N) is 1. The lowest BCUT2D eigenvalue weighted by molar-refractivity contribution is 0.285. The third kappa shape index (κ3) is 2.15. The highest BCUT2D eigenvalue weighted by molar-refractivity contribution is 7.09. The second-order valence-corrected chi connectivity index (χ2v) is 6.70. The summed E-state index contributed by atoms with van der Waals surface area (Å²) in [7, 11) is 2.09. The molecule has 4 atom stereocenters. The number of thiazole rings is 1. The summed E-state index contributed by atoms with van der Waals surface area (Å²) in [4.78, 5) is 5.84. The maximum Gasteiger partial charge on any atom is 0.0798 e. The van der Waals surface area contributed by atoms with Gasteiger partial charge in [0.15, 0.2) is 0 Å². The summed E-state index contributed by atoms with van der Waals surface area (Å²) in [5, 5.41) is 3.50. The summed E-state index contributed by atoms with van der Waals surface area (Å²) in [6, 6.07) is 0.534. The van der Waals surface area contributed by atoms with Crippen molar-refractivity contribution in [1.82, 2.24) is 10.3 Å². The minimum absolute atomic E-state index is 0.534. The molecule has 2 saturated carbocycles. The molecule has 2 aliphatic carbocycles. The third-order valence-electron chi connectivity index (χ3n) is 4.87. The zero-order valence-electron chi connectivity index (χ0n) is 10.8. The molecule has 94 valence electrons. The number of rotatable bonds is 4. The molecule has 0 saturated heterocycles. The van der Waals surface area contributed by atoms with Gasteiger partial charge in [0.05, 0.1) is 11.2 Å². The summed E-state index contributed by atoms with van der Waals surface area (Å²) in [5.41, 5.74) is 3.20. The zero-order valence-corrected chi connectivity index (χ0v) is 11.6. The van der Waals surface area contributed by atoms with E-state index in [1.54, 1.807) is 0 Å². The van der Waals surface area contributed by atoms with Crippen molar-refractivity contribution in [3.05, 3.63) is 16.1 Å². The number of fused-ring (bicyclic) bond motifs is 2. The fourth-order valence-electron chi connectivity index (χ4n) is 3.97. The van der Waals surface area contributed by atoms with Crippen LogP contribution in [0.4, 0.5) is 0 Å². The average molecular weight is 250 g/mol. The van der Waals surface area contributed by atoms with Gasteiger partial charge in [-0.15, -0.1) is 11.3 Å². The van der Waals surface area contributed by atoms with Gasteiger partial charge in [-0.3, -0.25) is 0 Å². The number of hydrogen-bond acceptors (Lipinski definition) is 3. The van der Waals surface area contributed by atoms with Crippen molar-refractivity contribution in [3.8, 4) is 0 Å². The maximum atomic E-state index is 4.39. The lowest BCUT2D eigenvalue weighted by Gasteiger charge is -2.26. The Kier molecular flexibility index (Phi) is 3.22. The van der Waals surface area contributed by atoms with Gasteiger partial charge in [0.1, 0.15) is 0 Å². The van der Waals surface area contributed by atoms with Gasteiger partial charge in [-0.05, 0) is 57.4 Å². The second-order valence-electron chi connectivity index (χ2n) is 5.81. The molecule has 0 aliphatic heterocycles. The van der Waals surface area contributed by atoms with Crippen LogP contribution in [0.5, 0.6) is 0 Å². The minimum atomic E-state index is 0.534. The molecule has 1 N–H and O–H groups in total. The second kappa shape index (κ2) is 4.69. The van der Waals surface area contributed by atoms with Crippen LogP contribution in [0.1, 0.15) is 48.7 Å². The minimum Gasteiger partial charge on any atom is -0.312 e. The molecule has 1 heterocycles. The molecule has 4 unspecified atom stereocenters. The summed E-state index contributed by atoms with van der Waals surface area (Å²) < 4.78 is 0. The Balaban J connectivity index is 1.69. The number of aromatic nitrogens is 1. The number of aryl methyl sites for hydroxylation is 1. The molecule has 0 aromatic carbocycles. The normalized spacial score (nSPS) is 33.2. The van der Waals surface area contributed by atoms with Crippen molar-refractivity contribution in [2.45, 2.75) is 45.1 Å². The lowest BCUT2D eigenvalue weighted by atomic mass is 9.84. The van der Waals surface area contributed by atoms with Crippen LogP contribution < -0.4 is 5.32 Å². The van der Waals surface area contributed by atoms with Crippen molar-refractivity contribution >= 4 is 11.3 Å². The first-order chi connectivity index (χ1) is 8.28. The van der Waals surface area contributed by atoms with E-state index in [0.29, 0.717) is 6.04 Å². The summed E-state index contributed by atoms with van der Waals surface area (Å²) in [6.07, 6.45) is 7.32. The van der Waals surface area contributed by atoms with Crippen LogP contribution in [0, 0.1) is 24.7 Å². The van der Waals surface area contributed by atoms with Crippen LogP contribution in [0.15, 0.2) is 5.51 Å². The average Bonchev–Trinajstić information content (AvgIpc) is 3.02. The molecular formula is C14H22N2S. The van der Waals surface area contributed by atoms with Gasteiger partial charge in [-0.1, -0.05) is 6.42 Å². The standard InChI is InChI=1S/C14H22N2S/c1-9-14(17-8-16-9)13(15-2)7-12-6-10-3-4-11(12)5-10/h8,10-13,15H,3-7H2,1-2H3. The van der Waals surface area contributed by atoms with Gasteiger partial charge in [0.2, 0.25) is 0 Å². The first kappa shape index (κ1) is 11.7. The van der Waals surface area contributed by atoms with Crippen LogP contribution >= 0.6 is 11.3 Å². The van der Waals surface area contributed by atoms with E-state index in [1.165, 1.54) is 42.7 Å². The van der Waals surface area contributed by atoms with Crippen LogP contribution in [-0.4, -0.2) is 12.0 Å². The molecule has 2 aliphatic rings. The largest absolute Gasteiger partial charge is 0.312 e. The summed E-state index contributed by atoms with van der Waals surface area (Å²) in [5.74, 6) is 3.06. The Hall–Kier alpha value is -0.410. The topological polar surface area (TPSA) is 24.9 Å². The van der Waals surface area contributed by atoms with E-state index < -0.39 is 0 Å². The molecule has 0 radical (unpaired) electrons. The molecule has 1 aromatic heterocycles. The molecule has 3 heteroatoms. The first-order valence-electron chi connectivity index (χ1n) is 6.85. The first-order valence-corrected chi connectivity index (χ1v) is 7.73. The van der Waals surface area contributed by atoms with Gasteiger partial charge < -0.3 is 5.32 Å². The van der Waals surface area contributed by atoms with Crippen molar-refractivity contribution in [2.75, 3.05) is 7.05 Å². The monoisotopic (exact) mass is 250 g/mol. The van der Waals surface area contributed by atoms with Gasteiger partial charge in [0.25, 0.3) is 0 Å². The molecule has 0 amide bonds. The quantitative estimate of drug-likeness (QED) is 0.884. The summed E-state index contributed by atoms with van der Waals surface area (Å²) >= 11 is 1.81. The molecule has 3 rings (SSSR count). The number of hydrogen-bond donors (Lipinski definition) is 1.